The van der Waals surface area contributed by atoms with E-state index in [0.29, 0.717) is 5.00 Å². The molecule has 0 amide bonds. The zero-order valence-corrected chi connectivity index (χ0v) is 8.45. The number of nitriles is 1. The molecule has 2 N–H and O–H groups in total. The molecule has 1 aliphatic carbocycles. The number of nitrogens with zero attached hydrogens (tertiary/aromatic N) is 1. The summed E-state index contributed by atoms with van der Waals surface area (Å²) < 4.78 is 0. The summed E-state index contributed by atoms with van der Waals surface area (Å²) in [5, 5.41) is 9.62. The third-order valence-electron chi connectivity index (χ3n) is 2.65. The molecular formula is C10H12N2S. The monoisotopic (exact) mass is 192 g/mol. The molecule has 1 heterocycles. The maximum absolute atomic E-state index is 8.91. The first-order valence-electron chi connectivity index (χ1n) is 4.52. The topological polar surface area (TPSA) is 49.8 Å². The molecule has 3 heteroatoms. The van der Waals surface area contributed by atoms with Gasteiger partial charge in [-0.15, -0.1) is 11.3 Å². The van der Waals surface area contributed by atoms with Crippen LogP contribution < -0.4 is 5.73 Å². The Balaban J connectivity index is 2.48. The maximum atomic E-state index is 8.91. The van der Waals surface area contributed by atoms with Gasteiger partial charge >= 0.3 is 0 Å². The van der Waals surface area contributed by atoms with E-state index in [2.05, 4.69) is 13.0 Å². The molecule has 0 fully saturated rings. The number of anilines is 1. The Kier molecular flexibility index (Phi) is 2.01. The van der Waals surface area contributed by atoms with Gasteiger partial charge in [0.05, 0.1) is 5.56 Å². The molecule has 0 radical (unpaired) electrons. The van der Waals surface area contributed by atoms with Crippen molar-refractivity contribution in [2.75, 3.05) is 5.73 Å². The second-order valence-corrected chi connectivity index (χ2v) is 4.84. The molecule has 1 aliphatic rings. The van der Waals surface area contributed by atoms with Crippen LogP contribution in [-0.4, -0.2) is 0 Å². The number of fused-ring (bicyclic) bond motifs is 1. The van der Waals surface area contributed by atoms with E-state index in [1.807, 2.05) is 0 Å². The first-order chi connectivity index (χ1) is 6.22. The first kappa shape index (κ1) is 8.58. The molecule has 0 unspecified atom stereocenters. The minimum Gasteiger partial charge on any atom is -0.389 e. The van der Waals surface area contributed by atoms with Crippen molar-refractivity contribution in [3.63, 3.8) is 0 Å². The Morgan fingerprint density at radius 2 is 2.38 bits per heavy atom. The zero-order chi connectivity index (χ0) is 9.42. The van der Waals surface area contributed by atoms with Gasteiger partial charge in [0.15, 0.2) is 0 Å². The van der Waals surface area contributed by atoms with Crippen LogP contribution in [0.4, 0.5) is 5.00 Å². The number of nitrogens with two attached hydrogens (primary N) is 1. The average Bonchev–Trinajstić information content (AvgIpc) is 2.39. The second-order valence-electron chi connectivity index (χ2n) is 3.70. The number of nitrogen functional groups attached to an aromatic ring is 1. The van der Waals surface area contributed by atoms with Crippen LogP contribution in [0.3, 0.4) is 0 Å². The molecule has 0 aliphatic heterocycles. The highest BCUT2D eigenvalue weighted by molar-refractivity contribution is 7.16. The summed E-state index contributed by atoms with van der Waals surface area (Å²) in [6, 6.07) is 2.20. The summed E-state index contributed by atoms with van der Waals surface area (Å²) in [5.41, 5.74) is 7.74. The number of rotatable bonds is 0. The van der Waals surface area contributed by atoms with Gasteiger partial charge in [-0.05, 0) is 30.7 Å². The predicted molar refractivity (Wildman–Crippen MR) is 54.6 cm³/mol. The lowest BCUT2D eigenvalue weighted by Crippen LogP contribution is -2.09. The molecule has 0 bridgehead atoms. The Morgan fingerprint density at radius 3 is 3.08 bits per heavy atom. The molecule has 68 valence electrons. The molecule has 2 nitrogen and oxygen atoms in total. The standard InChI is InChI=1S/C10H12N2S/c1-6-2-3-7-8(5-11)10(12)13-9(7)4-6/h6H,2-4,12H2,1H3/t6-/m0/s1. The van der Waals surface area contributed by atoms with Crippen LogP contribution in [0.2, 0.25) is 0 Å². The minimum absolute atomic E-state index is 0.710. The van der Waals surface area contributed by atoms with Gasteiger partial charge in [-0.25, -0.2) is 0 Å². The molecule has 1 aromatic heterocycles. The number of hydrogen-bond donors (Lipinski definition) is 1. The fourth-order valence-electron chi connectivity index (χ4n) is 1.89. The Bertz CT molecular complexity index is 373. The summed E-state index contributed by atoms with van der Waals surface area (Å²) in [5.74, 6) is 0.747. The summed E-state index contributed by atoms with van der Waals surface area (Å²) in [6.07, 6.45) is 3.33. The molecule has 0 saturated heterocycles. The smallest absolute Gasteiger partial charge is 0.104 e. The van der Waals surface area contributed by atoms with E-state index in [0.717, 1.165) is 24.3 Å². The van der Waals surface area contributed by atoms with E-state index in [1.165, 1.54) is 16.9 Å². The lowest BCUT2D eigenvalue weighted by molar-refractivity contribution is 0.507. The van der Waals surface area contributed by atoms with Crippen LogP contribution in [0, 0.1) is 17.2 Å². The SMILES string of the molecule is C[C@H]1CCc2c(sc(N)c2C#N)C1. The fourth-order valence-corrected chi connectivity index (χ4v) is 3.13. The lowest BCUT2D eigenvalue weighted by atomic mass is 9.89. The molecule has 13 heavy (non-hydrogen) atoms. The predicted octanol–water partition coefficient (Wildman–Crippen LogP) is 2.33. The van der Waals surface area contributed by atoms with E-state index < -0.39 is 0 Å². The van der Waals surface area contributed by atoms with Crippen molar-refractivity contribution in [2.45, 2.75) is 26.2 Å². The van der Waals surface area contributed by atoms with E-state index >= 15 is 0 Å². The highest BCUT2D eigenvalue weighted by Gasteiger charge is 2.22. The third kappa shape index (κ3) is 1.31. The summed E-state index contributed by atoms with van der Waals surface area (Å²) in [6.45, 7) is 2.25. The van der Waals surface area contributed by atoms with Crippen LogP contribution in [0.25, 0.3) is 0 Å². The molecule has 1 atom stereocenters. The molecule has 0 saturated carbocycles. The van der Waals surface area contributed by atoms with Crippen molar-refractivity contribution in [3.8, 4) is 6.07 Å². The van der Waals surface area contributed by atoms with E-state index in [4.69, 9.17) is 11.0 Å². The van der Waals surface area contributed by atoms with Crippen LogP contribution in [0.1, 0.15) is 29.3 Å². The van der Waals surface area contributed by atoms with E-state index in [-0.39, 0.29) is 0 Å². The van der Waals surface area contributed by atoms with Gasteiger partial charge in [0.1, 0.15) is 11.1 Å². The maximum Gasteiger partial charge on any atom is 0.104 e. The number of thiophene rings is 1. The second kappa shape index (κ2) is 3.04. The van der Waals surface area contributed by atoms with Gasteiger partial charge in [0, 0.05) is 4.88 Å². The quantitative estimate of drug-likeness (QED) is 0.685. The molecule has 0 spiro atoms. The van der Waals surface area contributed by atoms with Gasteiger partial charge in [0.25, 0.3) is 0 Å². The molecule has 2 rings (SSSR count). The molecule has 0 aromatic carbocycles. The van der Waals surface area contributed by atoms with Crippen molar-refractivity contribution in [1.82, 2.24) is 0 Å². The van der Waals surface area contributed by atoms with E-state index in [9.17, 15) is 0 Å². The number of hydrogen-bond acceptors (Lipinski definition) is 3. The van der Waals surface area contributed by atoms with Crippen molar-refractivity contribution < 1.29 is 0 Å². The van der Waals surface area contributed by atoms with Crippen LogP contribution in [0.5, 0.6) is 0 Å². The van der Waals surface area contributed by atoms with Gasteiger partial charge < -0.3 is 5.73 Å². The van der Waals surface area contributed by atoms with Gasteiger partial charge in [-0.1, -0.05) is 6.92 Å². The summed E-state index contributed by atoms with van der Waals surface area (Å²) in [7, 11) is 0. The first-order valence-corrected chi connectivity index (χ1v) is 5.34. The molecular weight excluding hydrogens is 180 g/mol. The Labute approximate surface area is 82.0 Å². The largest absolute Gasteiger partial charge is 0.389 e. The third-order valence-corrected chi connectivity index (χ3v) is 3.73. The highest BCUT2D eigenvalue weighted by Crippen LogP contribution is 2.37. The lowest BCUT2D eigenvalue weighted by Gasteiger charge is -2.17. The summed E-state index contributed by atoms with van der Waals surface area (Å²) >= 11 is 1.60. The van der Waals surface area contributed by atoms with Gasteiger partial charge in [-0.2, -0.15) is 5.26 Å². The average molecular weight is 192 g/mol. The van der Waals surface area contributed by atoms with Gasteiger partial charge in [0.2, 0.25) is 0 Å². The fraction of sp³-hybridized carbons (Fsp3) is 0.500. The van der Waals surface area contributed by atoms with Crippen LogP contribution in [0.15, 0.2) is 0 Å². The Hall–Kier alpha value is -1.01. The van der Waals surface area contributed by atoms with Crippen LogP contribution in [-0.2, 0) is 12.8 Å². The van der Waals surface area contributed by atoms with Gasteiger partial charge in [-0.3, -0.25) is 0 Å². The van der Waals surface area contributed by atoms with Crippen molar-refractivity contribution in [3.05, 3.63) is 16.0 Å². The highest BCUT2D eigenvalue weighted by atomic mass is 32.1. The van der Waals surface area contributed by atoms with Crippen LogP contribution >= 0.6 is 11.3 Å². The van der Waals surface area contributed by atoms with E-state index in [1.54, 1.807) is 11.3 Å². The van der Waals surface area contributed by atoms with Crippen molar-refractivity contribution in [1.29, 1.82) is 5.26 Å². The Morgan fingerprint density at radius 1 is 1.62 bits per heavy atom. The van der Waals surface area contributed by atoms with Crippen molar-refractivity contribution in [2.24, 2.45) is 5.92 Å². The zero-order valence-electron chi connectivity index (χ0n) is 7.63. The minimum atomic E-state index is 0.710. The normalized spacial score (nSPS) is 20.8. The molecule has 1 aromatic rings. The van der Waals surface area contributed by atoms with Crippen molar-refractivity contribution >= 4 is 16.3 Å². The summed E-state index contributed by atoms with van der Waals surface area (Å²) in [4.78, 5) is 1.34.